The van der Waals surface area contributed by atoms with E-state index in [0.717, 1.165) is 17.0 Å². The summed E-state index contributed by atoms with van der Waals surface area (Å²) in [5, 5.41) is 3.44. The highest BCUT2D eigenvalue weighted by molar-refractivity contribution is 6.01. The summed E-state index contributed by atoms with van der Waals surface area (Å²) in [4.78, 5) is 15.0. The average molecular weight is 318 g/mol. The van der Waals surface area contributed by atoms with E-state index in [-0.39, 0.29) is 18.1 Å². The minimum Gasteiger partial charge on any atom is -0.465 e. The summed E-state index contributed by atoms with van der Waals surface area (Å²) in [6.45, 7) is 2.04. The van der Waals surface area contributed by atoms with Crippen LogP contribution in [0.25, 0.3) is 0 Å². The Morgan fingerprint density at radius 1 is 1.00 bits per heavy atom. The van der Waals surface area contributed by atoms with E-state index >= 15 is 0 Å². The van der Waals surface area contributed by atoms with Gasteiger partial charge in [0.15, 0.2) is 6.17 Å². The second kappa shape index (κ2) is 5.89. The lowest BCUT2D eigenvalue weighted by molar-refractivity contribution is 0.0571. The third-order valence-electron chi connectivity index (χ3n) is 4.47. The Morgan fingerprint density at radius 2 is 1.75 bits per heavy atom. The highest BCUT2D eigenvalue weighted by atomic mass is 16.3. The fourth-order valence-corrected chi connectivity index (χ4v) is 3.22. The van der Waals surface area contributed by atoms with E-state index in [9.17, 15) is 4.79 Å². The van der Waals surface area contributed by atoms with E-state index in [1.165, 1.54) is 0 Å². The monoisotopic (exact) mass is 318 g/mol. The van der Waals surface area contributed by atoms with Crippen LogP contribution in [0.1, 0.15) is 40.8 Å². The Labute approximate surface area is 140 Å². The molecule has 2 unspecified atom stereocenters. The van der Waals surface area contributed by atoms with Crippen LogP contribution < -0.4 is 5.32 Å². The molecule has 0 spiro atoms. The highest BCUT2D eigenvalue weighted by Gasteiger charge is 2.37. The molecule has 0 saturated heterocycles. The predicted molar refractivity (Wildman–Crippen MR) is 92.5 cm³/mol. The molecule has 1 aliphatic rings. The van der Waals surface area contributed by atoms with Crippen LogP contribution in [0.5, 0.6) is 0 Å². The lowest BCUT2D eigenvalue weighted by Gasteiger charge is -2.40. The van der Waals surface area contributed by atoms with E-state index < -0.39 is 0 Å². The first-order valence-electron chi connectivity index (χ1n) is 8.02. The maximum atomic E-state index is 13.2. The molecule has 1 N–H and O–H groups in total. The van der Waals surface area contributed by atoms with Crippen molar-refractivity contribution in [3.63, 3.8) is 0 Å². The number of nitrogens with one attached hydrogen (secondary N) is 1. The van der Waals surface area contributed by atoms with Crippen molar-refractivity contribution in [2.24, 2.45) is 0 Å². The molecule has 1 amide bonds. The van der Waals surface area contributed by atoms with E-state index in [4.69, 9.17) is 4.42 Å². The second-order valence-corrected chi connectivity index (χ2v) is 5.91. The molecular weight excluding hydrogens is 300 g/mol. The van der Waals surface area contributed by atoms with Gasteiger partial charge in [0.1, 0.15) is 5.76 Å². The van der Waals surface area contributed by atoms with Crippen molar-refractivity contribution in [2.45, 2.75) is 19.1 Å². The molecule has 4 nitrogen and oxygen atoms in total. The normalized spacial score (nSPS) is 18.0. The zero-order valence-electron chi connectivity index (χ0n) is 13.3. The number of carbonyl (C=O) groups is 1. The van der Waals surface area contributed by atoms with Crippen molar-refractivity contribution < 1.29 is 9.21 Å². The number of rotatable bonds is 3. The van der Waals surface area contributed by atoms with Gasteiger partial charge >= 0.3 is 0 Å². The second-order valence-electron chi connectivity index (χ2n) is 5.91. The van der Waals surface area contributed by atoms with Gasteiger partial charge in [0.25, 0.3) is 5.91 Å². The summed E-state index contributed by atoms with van der Waals surface area (Å²) in [6, 6.07) is 21.3. The number of amides is 1. The van der Waals surface area contributed by atoms with Gasteiger partial charge in [-0.05, 0) is 36.8 Å². The third-order valence-corrected chi connectivity index (χ3v) is 4.47. The number of carbonyl (C=O) groups excluding carboxylic acids is 1. The van der Waals surface area contributed by atoms with Crippen LogP contribution in [-0.2, 0) is 0 Å². The largest absolute Gasteiger partial charge is 0.465 e. The van der Waals surface area contributed by atoms with Gasteiger partial charge in [-0.15, -0.1) is 0 Å². The molecule has 2 atom stereocenters. The van der Waals surface area contributed by atoms with Crippen molar-refractivity contribution in [1.82, 2.24) is 4.90 Å². The highest BCUT2D eigenvalue weighted by Crippen LogP contribution is 2.38. The number of hydrogen-bond acceptors (Lipinski definition) is 3. The van der Waals surface area contributed by atoms with E-state index in [1.807, 2.05) is 78.6 Å². The minimum absolute atomic E-state index is 0.00195. The van der Waals surface area contributed by atoms with E-state index in [0.29, 0.717) is 5.56 Å². The Morgan fingerprint density at radius 3 is 2.50 bits per heavy atom. The summed E-state index contributed by atoms with van der Waals surface area (Å²) in [5.74, 6) is 0.725. The zero-order chi connectivity index (χ0) is 16.5. The number of anilines is 1. The van der Waals surface area contributed by atoms with Crippen LogP contribution in [-0.4, -0.2) is 10.8 Å². The fraction of sp³-hybridized carbons (Fsp3) is 0.150. The SMILES string of the molecule is CC(c1ccccc1)N1C(=O)c2ccccc2NC1c1ccco1. The van der Waals surface area contributed by atoms with Gasteiger partial charge in [-0.1, -0.05) is 42.5 Å². The van der Waals surface area contributed by atoms with Crippen molar-refractivity contribution in [3.05, 3.63) is 89.9 Å². The van der Waals surface area contributed by atoms with Crippen molar-refractivity contribution in [1.29, 1.82) is 0 Å². The third kappa shape index (κ3) is 2.36. The predicted octanol–water partition coefficient (Wildman–Crippen LogP) is 4.61. The van der Waals surface area contributed by atoms with Crippen LogP contribution in [0.2, 0.25) is 0 Å². The molecule has 4 rings (SSSR count). The van der Waals surface area contributed by atoms with Gasteiger partial charge in [-0.25, -0.2) is 0 Å². The summed E-state index contributed by atoms with van der Waals surface area (Å²) in [5.41, 5.74) is 2.60. The molecule has 120 valence electrons. The van der Waals surface area contributed by atoms with E-state index in [2.05, 4.69) is 5.32 Å². The van der Waals surface area contributed by atoms with Gasteiger partial charge in [0, 0.05) is 5.69 Å². The zero-order valence-corrected chi connectivity index (χ0v) is 13.3. The van der Waals surface area contributed by atoms with Crippen molar-refractivity contribution in [2.75, 3.05) is 5.32 Å². The van der Waals surface area contributed by atoms with Gasteiger partial charge in [-0.2, -0.15) is 0 Å². The first-order valence-corrected chi connectivity index (χ1v) is 8.02. The van der Waals surface area contributed by atoms with Gasteiger partial charge < -0.3 is 14.6 Å². The number of para-hydroxylation sites is 1. The number of benzene rings is 2. The maximum Gasteiger partial charge on any atom is 0.258 e. The molecule has 24 heavy (non-hydrogen) atoms. The molecular formula is C20H18N2O2. The minimum atomic E-state index is -0.336. The summed E-state index contributed by atoms with van der Waals surface area (Å²) >= 11 is 0. The molecule has 0 aliphatic carbocycles. The van der Waals surface area contributed by atoms with Crippen LogP contribution in [0.15, 0.2) is 77.4 Å². The molecule has 1 aliphatic heterocycles. The summed E-state index contributed by atoms with van der Waals surface area (Å²) < 4.78 is 5.60. The quantitative estimate of drug-likeness (QED) is 0.767. The van der Waals surface area contributed by atoms with Crippen LogP contribution >= 0.6 is 0 Å². The lowest BCUT2D eigenvalue weighted by atomic mass is 10.0. The Hall–Kier alpha value is -3.01. The smallest absolute Gasteiger partial charge is 0.258 e. The molecule has 1 aromatic heterocycles. The first-order chi connectivity index (χ1) is 11.8. The topological polar surface area (TPSA) is 45.5 Å². The molecule has 2 aromatic carbocycles. The number of fused-ring (bicyclic) bond motifs is 1. The van der Waals surface area contributed by atoms with Crippen LogP contribution in [0, 0.1) is 0 Å². The molecule has 4 heteroatoms. The molecule has 3 aromatic rings. The molecule has 0 fully saturated rings. The van der Waals surface area contributed by atoms with E-state index in [1.54, 1.807) is 6.26 Å². The molecule has 2 heterocycles. The Balaban J connectivity index is 1.80. The Kier molecular flexibility index (Phi) is 3.58. The van der Waals surface area contributed by atoms with Crippen molar-refractivity contribution in [3.8, 4) is 0 Å². The fourth-order valence-electron chi connectivity index (χ4n) is 3.22. The number of furan rings is 1. The van der Waals surface area contributed by atoms with Crippen LogP contribution in [0.3, 0.4) is 0 Å². The molecule has 0 saturated carbocycles. The first kappa shape index (κ1) is 14.6. The maximum absolute atomic E-state index is 13.2. The molecule has 0 radical (unpaired) electrons. The summed E-state index contributed by atoms with van der Waals surface area (Å²) in [7, 11) is 0. The van der Waals surface area contributed by atoms with Gasteiger partial charge in [0.2, 0.25) is 0 Å². The van der Waals surface area contributed by atoms with Gasteiger partial charge in [0.05, 0.1) is 17.9 Å². The average Bonchev–Trinajstić information content (AvgIpc) is 3.16. The Bertz CT molecular complexity index is 843. The standard InChI is InChI=1S/C20H18N2O2/c1-14(15-8-3-2-4-9-15)22-19(18-12-7-13-24-18)21-17-11-6-5-10-16(17)20(22)23/h2-14,19,21H,1H3. The number of nitrogens with zero attached hydrogens (tertiary/aromatic N) is 1. The molecule has 0 bridgehead atoms. The lowest BCUT2D eigenvalue weighted by Crippen LogP contribution is -2.44. The number of hydrogen-bond donors (Lipinski definition) is 1. The van der Waals surface area contributed by atoms with Crippen LogP contribution in [0.4, 0.5) is 5.69 Å². The van der Waals surface area contributed by atoms with Crippen molar-refractivity contribution >= 4 is 11.6 Å². The summed E-state index contributed by atoms with van der Waals surface area (Å²) in [6.07, 6.45) is 1.30. The van der Waals surface area contributed by atoms with Gasteiger partial charge in [-0.3, -0.25) is 4.79 Å².